The fourth-order valence-corrected chi connectivity index (χ4v) is 5.39. The lowest BCUT2D eigenvalue weighted by Gasteiger charge is -2.32. The Morgan fingerprint density at radius 2 is 1.74 bits per heavy atom. The van der Waals surface area contributed by atoms with Gasteiger partial charge in [0.25, 0.3) is 0 Å². The summed E-state index contributed by atoms with van der Waals surface area (Å²) in [7, 11) is 0. The van der Waals surface area contributed by atoms with Gasteiger partial charge in [-0.1, -0.05) is 68.3 Å². The lowest BCUT2D eigenvalue weighted by atomic mass is 9.98. The zero-order chi connectivity index (χ0) is 25.0. The quantitative estimate of drug-likeness (QED) is 0.532. The number of rotatable bonds is 9. The predicted octanol–water partition coefficient (Wildman–Crippen LogP) is 4.94. The number of carbonyl (C=O) groups is 3. The number of carboxylic acids is 1. The van der Waals surface area contributed by atoms with Crippen molar-refractivity contribution in [2.75, 3.05) is 13.2 Å². The molecule has 1 unspecified atom stereocenters. The number of unbranched alkanes of at least 4 members (excludes halogenated alkanes) is 1. The molecule has 35 heavy (non-hydrogen) atoms. The Labute approximate surface area is 206 Å². The van der Waals surface area contributed by atoms with Gasteiger partial charge in [-0.05, 0) is 48.4 Å². The predicted molar refractivity (Wildman–Crippen MR) is 133 cm³/mol. The molecule has 7 nitrogen and oxygen atoms in total. The highest BCUT2D eigenvalue weighted by Crippen LogP contribution is 2.44. The summed E-state index contributed by atoms with van der Waals surface area (Å²) in [6.07, 6.45) is 3.01. The number of alkyl carbamates (subject to hydrolysis) is 1. The van der Waals surface area contributed by atoms with Crippen LogP contribution in [0.4, 0.5) is 4.79 Å². The zero-order valence-corrected chi connectivity index (χ0v) is 20.5. The maximum Gasteiger partial charge on any atom is 0.407 e. The Bertz CT molecular complexity index is 1050. The molecule has 2 aliphatic rings. The minimum atomic E-state index is -1.18. The van der Waals surface area contributed by atoms with Crippen LogP contribution in [-0.2, 0) is 14.3 Å². The van der Waals surface area contributed by atoms with E-state index in [1.54, 1.807) is 6.92 Å². The molecule has 2 aromatic rings. The molecule has 186 valence electrons. The standard InChI is InChI=1S/C28H34N2O5/c1-3-4-10-19(17-25(31)30-16-9-15-28(30,2)26(32)33)29-27(34)35-18-24-22-13-7-5-11-20(22)21-12-6-8-14-23(21)24/h5-8,11-14,19,24H,3-4,9-10,15-18H2,1-2H3,(H,29,34)(H,32,33)/t19-,28?/m1/s1. The van der Waals surface area contributed by atoms with Gasteiger partial charge in [-0.3, -0.25) is 4.79 Å². The van der Waals surface area contributed by atoms with Gasteiger partial charge in [-0.15, -0.1) is 0 Å². The molecule has 1 aliphatic carbocycles. The number of nitrogens with zero attached hydrogens (tertiary/aromatic N) is 1. The van der Waals surface area contributed by atoms with E-state index in [1.807, 2.05) is 31.2 Å². The number of likely N-dealkylation sites (tertiary alicyclic amines) is 1. The summed E-state index contributed by atoms with van der Waals surface area (Å²) in [5.74, 6) is -1.27. The van der Waals surface area contributed by atoms with E-state index in [9.17, 15) is 19.5 Å². The largest absolute Gasteiger partial charge is 0.480 e. The van der Waals surface area contributed by atoms with Crippen molar-refractivity contribution in [1.29, 1.82) is 0 Å². The number of amides is 2. The molecule has 1 saturated heterocycles. The molecule has 1 aliphatic heterocycles. The molecule has 2 N–H and O–H groups in total. The molecule has 0 saturated carbocycles. The maximum absolute atomic E-state index is 13.0. The molecule has 2 amide bonds. The first-order valence-electron chi connectivity index (χ1n) is 12.5. The molecular weight excluding hydrogens is 444 g/mol. The number of hydrogen-bond donors (Lipinski definition) is 2. The van der Waals surface area contributed by atoms with Crippen LogP contribution in [0.25, 0.3) is 11.1 Å². The average Bonchev–Trinajstić information content (AvgIpc) is 3.40. The minimum absolute atomic E-state index is 0.0373. The van der Waals surface area contributed by atoms with Crippen LogP contribution >= 0.6 is 0 Å². The van der Waals surface area contributed by atoms with Gasteiger partial charge >= 0.3 is 12.1 Å². The number of aliphatic carboxylic acids is 1. The van der Waals surface area contributed by atoms with Crippen molar-refractivity contribution in [1.82, 2.24) is 10.2 Å². The van der Waals surface area contributed by atoms with Gasteiger partial charge in [0.05, 0.1) is 0 Å². The number of benzene rings is 2. The van der Waals surface area contributed by atoms with Crippen LogP contribution in [0.1, 0.15) is 69.4 Å². The van der Waals surface area contributed by atoms with E-state index in [4.69, 9.17) is 4.74 Å². The van der Waals surface area contributed by atoms with Crippen molar-refractivity contribution < 1.29 is 24.2 Å². The molecular formula is C28H34N2O5. The molecule has 4 rings (SSSR count). The van der Waals surface area contributed by atoms with Crippen LogP contribution in [0, 0.1) is 0 Å². The van der Waals surface area contributed by atoms with Crippen LogP contribution in [0.5, 0.6) is 0 Å². The third-order valence-corrected chi connectivity index (χ3v) is 7.40. The highest BCUT2D eigenvalue weighted by atomic mass is 16.5. The number of hydrogen-bond acceptors (Lipinski definition) is 4. The summed E-state index contributed by atoms with van der Waals surface area (Å²) in [6.45, 7) is 4.28. The fraction of sp³-hybridized carbons (Fsp3) is 0.464. The molecule has 0 bridgehead atoms. The second kappa shape index (κ2) is 10.5. The first-order valence-corrected chi connectivity index (χ1v) is 12.5. The minimum Gasteiger partial charge on any atom is -0.480 e. The Morgan fingerprint density at radius 3 is 2.34 bits per heavy atom. The average molecular weight is 479 g/mol. The molecule has 2 aromatic carbocycles. The van der Waals surface area contributed by atoms with Gasteiger partial charge in [-0.25, -0.2) is 9.59 Å². The van der Waals surface area contributed by atoms with Crippen molar-refractivity contribution in [3.05, 3.63) is 59.7 Å². The third kappa shape index (κ3) is 5.04. The Morgan fingerprint density at radius 1 is 1.11 bits per heavy atom. The summed E-state index contributed by atoms with van der Waals surface area (Å²) in [6, 6.07) is 15.9. The second-order valence-corrected chi connectivity index (χ2v) is 9.74. The van der Waals surface area contributed by atoms with Crippen molar-refractivity contribution in [3.8, 4) is 11.1 Å². The van der Waals surface area contributed by atoms with E-state index in [2.05, 4.69) is 29.6 Å². The van der Waals surface area contributed by atoms with Gasteiger partial charge in [0, 0.05) is 24.9 Å². The van der Waals surface area contributed by atoms with Gasteiger partial charge in [0.1, 0.15) is 12.1 Å². The topological polar surface area (TPSA) is 95.9 Å². The van der Waals surface area contributed by atoms with Crippen molar-refractivity contribution in [2.45, 2.75) is 69.9 Å². The van der Waals surface area contributed by atoms with Gasteiger partial charge in [0.15, 0.2) is 0 Å². The number of carbonyl (C=O) groups excluding carboxylic acids is 2. The molecule has 0 radical (unpaired) electrons. The van der Waals surface area contributed by atoms with Gasteiger partial charge in [0.2, 0.25) is 5.91 Å². The molecule has 7 heteroatoms. The monoisotopic (exact) mass is 478 g/mol. The number of nitrogens with one attached hydrogen (secondary N) is 1. The number of fused-ring (bicyclic) bond motifs is 3. The van der Waals surface area contributed by atoms with E-state index < -0.39 is 23.6 Å². The van der Waals surface area contributed by atoms with Crippen LogP contribution in [0.3, 0.4) is 0 Å². The molecule has 1 fully saturated rings. The lowest BCUT2D eigenvalue weighted by Crippen LogP contribution is -2.52. The third-order valence-electron chi connectivity index (χ3n) is 7.40. The zero-order valence-electron chi connectivity index (χ0n) is 20.5. The van der Waals surface area contributed by atoms with E-state index in [1.165, 1.54) is 4.90 Å². The summed E-state index contributed by atoms with van der Waals surface area (Å²) in [5.41, 5.74) is 3.42. The van der Waals surface area contributed by atoms with E-state index in [0.29, 0.717) is 25.8 Å². The summed E-state index contributed by atoms with van der Waals surface area (Å²) in [4.78, 5) is 39.0. The highest BCUT2D eigenvalue weighted by molar-refractivity contribution is 5.88. The van der Waals surface area contributed by atoms with Crippen LogP contribution in [0.15, 0.2) is 48.5 Å². The second-order valence-electron chi connectivity index (χ2n) is 9.74. The molecule has 2 atom stereocenters. The Hall–Kier alpha value is -3.35. The maximum atomic E-state index is 13.0. The summed E-state index contributed by atoms with van der Waals surface area (Å²) >= 11 is 0. The smallest absolute Gasteiger partial charge is 0.407 e. The van der Waals surface area contributed by atoms with Gasteiger partial charge in [-0.2, -0.15) is 0 Å². The lowest BCUT2D eigenvalue weighted by molar-refractivity contribution is -0.155. The van der Waals surface area contributed by atoms with Crippen LogP contribution < -0.4 is 5.32 Å². The van der Waals surface area contributed by atoms with Gasteiger partial charge < -0.3 is 20.1 Å². The van der Waals surface area contributed by atoms with E-state index in [-0.39, 0.29) is 24.9 Å². The Balaban J connectivity index is 1.40. The van der Waals surface area contributed by atoms with Crippen molar-refractivity contribution in [2.24, 2.45) is 0 Å². The SMILES string of the molecule is CCCC[C@H](CC(=O)N1CCCC1(C)C(=O)O)NC(=O)OCC1c2ccccc2-c2ccccc21. The molecule has 0 spiro atoms. The number of carboxylic acid groups (broad SMARTS) is 1. The highest BCUT2D eigenvalue weighted by Gasteiger charge is 2.46. The first kappa shape index (κ1) is 24.8. The summed E-state index contributed by atoms with van der Waals surface area (Å²) < 4.78 is 5.67. The van der Waals surface area contributed by atoms with Crippen molar-refractivity contribution >= 4 is 18.0 Å². The van der Waals surface area contributed by atoms with Crippen molar-refractivity contribution in [3.63, 3.8) is 0 Å². The van der Waals surface area contributed by atoms with E-state index >= 15 is 0 Å². The molecule has 0 aromatic heterocycles. The molecule has 1 heterocycles. The van der Waals surface area contributed by atoms with Crippen LogP contribution in [-0.4, -0.2) is 52.7 Å². The van der Waals surface area contributed by atoms with Crippen LogP contribution in [0.2, 0.25) is 0 Å². The first-order chi connectivity index (χ1) is 16.8. The fourth-order valence-electron chi connectivity index (χ4n) is 5.39. The summed E-state index contributed by atoms with van der Waals surface area (Å²) in [5, 5.41) is 12.5. The Kier molecular flexibility index (Phi) is 7.43. The number of ether oxygens (including phenoxy) is 1. The normalized spacial score (nSPS) is 19.7. The van der Waals surface area contributed by atoms with E-state index in [0.717, 1.165) is 35.1 Å².